The highest BCUT2D eigenvalue weighted by Crippen LogP contribution is 2.38. The zero-order valence-corrected chi connectivity index (χ0v) is 18.0. The Morgan fingerprint density at radius 1 is 0.833 bits per heavy atom. The molecule has 2 aromatic rings. The SMILES string of the molecule is CCC(CC)N1CCN(c2ccc(N3CCN(C(=O)O)c4ccccc43)cc2)CC1. The van der Waals surface area contributed by atoms with E-state index in [9.17, 15) is 9.90 Å². The molecule has 2 heterocycles. The molecule has 2 aliphatic heterocycles. The maximum Gasteiger partial charge on any atom is 0.411 e. The van der Waals surface area contributed by atoms with Gasteiger partial charge in [0, 0.05) is 56.7 Å². The number of rotatable bonds is 5. The van der Waals surface area contributed by atoms with Gasteiger partial charge in [-0.25, -0.2) is 4.79 Å². The topological polar surface area (TPSA) is 50.3 Å². The molecule has 30 heavy (non-hydrogen) atoms. The second-order valence-corrected chi connectivity index (χ2v) is 8.08. The van der Waals surface area contributed by atoms with Crippen LogP contribution >= 0.6 is 0 Å². The second-order valence-electron chi connectivity index (χ2n) is 8.08. The highest BCUT2D eigenvalue weighted by atomic mass is 16.4. The van der Waals surface area contributed by atoms with Gasteiger partial charge in [0.15, 0.2) is 0 Å². The molecule has 6 heteroatoms. The monoisotopic (exact) mass is 408 g/mol. The molecular formula is C24H32N4O2. The predicted octanol–water partition coefficient (Wildman–Crippen LogP) is 4.63. The van der Waals surface area contributed by atoms with Crippen molar-refractivity contribution < 1.29 is 9.90 Å². The van der Waals surface area contributed by atoms with E-state index in [4.69, 9.17) is 0 Å². The number of carbonyl (C=O) groups is 1. The standard InChI is InChI=1S/C24H32N4O2/c1-3-19(4-2)25-13-15-26(16-14-25)20-9-11-21(12-10-20)27-17-18-28(24(29)30)23-8-6-5-7-22(23)27/h5-12,19H,3-4,13-18H2,1-2H3,(H,29,30). The smallest absolute Gasteiger partial charge is 0.411 e. The summed E-state index contributed by atoms with van der Waals surface area (Å²) in [6.45, 7) is 10.1. The Balaban J connectivity index is 1.47. The van der Waals surface area contributed by atoms with E-state index >= 15 is 0 Å². The van der Waals surface area contributed by atoms with Crippen molar-refractivity contribution in [2.24, 2.45) is 0 Å². The molecule has 0 aromatic heterocycles. The Hall–Kier alpha value is -2.73. The number of amides is 1. The van der Waals surface area contributed by atoms with E-state index in [1.165, 1.54) is 23.4 Å². The normalized spacial score (nSPS) is 17.4. The fourth-order valence-corrected chi connectivity index (χ4v) is 4.82. The molecule has 0 bridgehead atoms. The molecule has 160 valence electrons. The number of hydrogen-bond acceptors (Lipinski definition) is 4. The Morgan fingerprint density at radius 3 is 2.03 bits per heavy atom. The second kappa shape index (κ2) is 8.96. The summed E-state index contributed by atoms with van der Waals surface area (Å²) in [5.74, 6) is 0. The lowest BCUT2D eigenvalue weighted by Gasteiger charge is -2.40. The molecule has 1 saturated heterocycles. The van der Waals surface area contributed by atoms with Crippen LogP contribution in [0.25, 0.3) is 0 Å². The van der Waals surface area contributed by atoms with Gasteiger partial charge in [-0.2, -0.15) is 0 Å². The summed E-state index contributed by atoms with van der Waals surface area (Å²) < 4.78 is 0. The van der Waals surface area contributed by atoms with Gasteiger partial charge in [-0.1, -0.05) is 26.0 Å². The number of benzene rings is 2. The number of piperazine rings is 1. The van der Waals surface area contributed by atoms with Gasteiger partial charge >= 0.3 is 6.09 Å². The van der Waals surface area contributed by atoms with Gasteiger partial charge in [0.25, 0.3) is 0 Å². The average Bonchev–Trinajstić information content (AvgIpc) is 2.79. The van der Waals surface area contributed by atoms with Crippen molar-refractivity contribution >= 4 is 28.8 Å². The van der Waals surface area contributed by atoms with Crippen LogP contribution in [0.15, 0.2) is 48.5 Å². The van der Waals surface area contributed by atoms with E-state index in [0.717, 1.165) is 43.2 Å². The molecule has 0 unspecified atom stereocenters. The Bertz CT molecular complexity index is 858. The number of anilines is 4. The third-order valence-electron chi connectivity index (χ3n) is 6.54. The lowest BCUT2D eigenvalue weighted by atomic mass is 10.1. The van der Waals surface area contributed by atoms with Gasteiger partial charge < -0.3 is 14.9 Å². The summed E-state index contributed by atoms with van der Waals surface area (Å²) in [4.78, 5) is 20.3. The van der Waals surface area contributed by atoms with E-state index < -0.39 is 6.09 Å². The Kier molecular flexibility index (Phi) is 6.13. The van der Waals surface area contributed by atoms with Crippen molar-refractivity contribution in [1.82, 2.24) is 4.90 Å². The summed E-state index contributed by atoms with van der Waals surface area (Å²) in [7, 11) is 0. The van der Waals surface area contributed by atoms with Gasteiger partial charge in [0.1, 0.15) is 0 Å². The van der Waals surface area contributed by atoms with Crippen molar-refractivity contribution in [2.45, 2.75) is 32.7 Å². The van der Waals surface area contributed by atoms with Crippen molar-refractivity contribution in [3.8, 4) is 0 Å². The van der Waals surface area contributed by atoms with Crippen LogP contribution in [0.3, 0.4) is 0 Å². The molecule has 2 aromatic carbocycles. The Labute approximate surface area is 179 Å². The van der Waals surface area contributed by atoms with Crippen LogP contribution in [-0.2, 0) is 0 Å². The molecule has 0 spiro atoms. The van der Waals surface area contributed by atoms with Gasteiger partial charge in [0.2, 0.25) is 0 Å². The minimum Gasteiger partial charge on any atom is -0.465 e. The van der Waals surface area contributed by atoms with E-state index in [-0.39, 0.29) is 0 Å². The van der Waals surface area contributed by atoms with Crippen LogP contribution in [0.1, 0.15) is 26.7 Å². The van der Waals surface area contributed by atoms with Crippen LogP contribution in [0.4, 0.5) is 27.5 Å². The summed E-state index contributed by atoms with van der Waals surface area (Å²) in [6.07, 6.45) is 1.55. The number of fused-ring (bicyclic) bond motifs is 1. The highest BCUT2D eigenvalue weighted by molar-refractivity contribution is 5.94. The summed E-state index contributed by atoms with van der Waals surface area (Å²) in [6, 6.07) is 17.2. The molecule has 1 fully saturated rings. The van der Waals surface area contributed by atoms with Crippen molar-refractivity contribution in [2.75, 3.05) is 54.0 Å². The maximum atomic E-state index is 11.6. The van der Waals surface area contributed by atoms with Crippen LogP contribution in [0, 0.1) is 0 Å². The lowest BCUT2D eigenvalue weighted by molar-refractivity contribution is 0.175. The number of para-hydroxylation sites is 2. The van der Waals surface area contributed by atoms with Crippen LogP contribution in [-0.4, -0.2) is 61.4 Å². The first-order valence-electron chi connectivity index (χ1n) is 11.1. The first kappa shape index (κ1) is 20.5. The molecule has 0 saturated carbocycles. The average molecular weight is 409 g/mol. The van der Waals surface area contributed by atoms with Gasteiger partial charge in [-0.3, -0.25) is 9.80 Å². The van der Waals surface area contributed by atoms with Crippen molar-refractivity contribution in [3.05, 3.63) is 48.5 Å². The van der Waals surface area contributed by atoms with Gasteiger partial charge in [0.05, 0.1) is 11.4 Å². The minimum absolute atomic E-state index is 0.464. The van der Waals surface area contributed by atoms with Gasteiger partial charge in [-0.15, -0.1) is 0 Å². The van der Waals surface area contributed by atoms with Crippen LogP contribution in [0.2, 0.25) is 0 Å². The largest absolute Gasteiger partial charge is 0.465 e. The molecule has 6 nitrogen and oxygen atoms in total. The summed E-state index contributed by atoms with van der Waals surface area (Å²) >= 11 is 0. The van der Waals surface area contributed by atoms with Gasteiger partial charge in [-0.05, 0) is 49.2 Å². The summed E-state index contributed by atoms with van der Waals surface area (Å²) in [5.41, 5.74) is 4.06. The minimum atomic E-state index is -0.898. The molecular weight excluding hydrogens is 376 g/mol. The number of nitrogens with zero attached hydrogens (tertiary/aromatic N) is 4. The summed E-state index contributed by atoms with van der Waals surface area (Å²) in [5, 5.41) is 9.51. The zero-order chi connectivity index (χ0) is 21.1. The fraction of sp³-hybridized carbons (Fsp3) is 0.458. The fourth-order valence-electron chi connectivity index (χ4n) is 4.82. The quantitative estimate of drug-likeness (QED) is 0.781. The highest BCUT2D eigenvalue weighted by Gasteiger charge is 2.27. The van der Waals surface area contributed by atoms with Crippen LogP contribution in [0.5, 0.6) is 0 Å². The molecule has 4 rings (SSSR count). The van der Waals surface area contributed by atoms with E-state index in [0.29, 0.717) is 19.1 Å². The molecule has 0 atom stereocenters. The molecule has 0 aliphatic carbocycles. The molecule has 1 amide bonds. The zero-order valence-electron chi connectivity index (χ0n) is 18.0. The third-order valence-corrected chi connectivity index (χ3v) is 6.54. The Morgan fingerprint density at radius 2 is 1.43 bits per heavy atom. The lowest BCUT2D eigenvalue weighted by Crippen LogP contribution is -2.50. The van der Waals surface area contributed by atoms with E-state index in [1.54, 1.807) is 0 Å². The first-order chi connectivity index (χ1) is 14.6. The first-order valence-corrected chi connectivity index (χ1v) is 11.1. The predicted molar refractivity (Wildman–Crippen MR) is 123 cm³/mol. The third kappa shape index (κ3) is 3.97. The van der Waals surface area contributed by atoms with E-state index in [2.05, 4.69) is 52.8 Å². The molecule has 2 aliphatic rings. The number of hydrogen-bond donors (Lipinski definition) is 1. The molecule has 0 radical (unpaired) electrons. The number of carboxylic acid groups (broad SMARTS) is 1. The molecule has 1 N–H and O–H groups in total. The van der Waals surface area contributed by atoms with E-state index in [1.807, 2.05) is 24.3 Å². The van der Waals surface area contributed by atoms with Crippen LogP contribution < -0.4 is 14.7 Å². The van der Waals surface area contributed by atoms with Crippen molar-refractivity contribution in [3.63, 3.8) is 0 Å². The maximum absolute atomic E-state index is 11.6. The van der Waals surface area contributed by atoms with Crippen molar-refractivity contribution in [1.29, 1.82) is 0 Å².